The number of piperidine rings is 1. The van der Waals surface area contributed by atoms with Gasteiger partial charge in [-0.15, -0.1) is 0 Å². The third-order valence-electron chi connectivity index (χ3n) is 5.38. The van der Waals surface area contributed by atoms with E-state index in [0.29, 0.717) is 44.0 Å². The number of anilines is 2. The lowest BCUT2D eigenvalue weighted by Gasteiger charge is -2.33. The van der Waals surface area contributed by atoms with E-state index < -0.39 is 36.2 Å². The fourth-order valence-corrected chi connectivity index (χ4v) is 3.87. The molecule has 1 unspecified atom stereocenters. The molecular formula is C17H16F6N6O. The minimum absolute atomic E-state index is 0.0358. The molecule has 13 heteroatoms. The summed E-state index contributed by atoms with van der Waals surface area (Å²) in [6.07, 6.45) is -7.54. The number of hydrogen-bond acceptors (Lipinski definition) is 5. The van der Waals surface area contributed by atoms with Gasteiger partial charge in [0.25, 0.3) is 0 Å². The molecule has 0 aromatic carbocycles. The van der Waals surface area contributed by atoms with Gasteiger partial charge < -0.3 is 10.2 Å². The first-order chi connectivity index (χ1) is 14.0. The predicted molar refractivity (Wildman–Crippen MR) is 91.9 cm³/mol. The summed E-state index contributed by atoms with van der Waals surface area (Å²) < 4.78 is 78.4. The van der Waals surface area contributed by atoms with E-state index in [1.165, 1.54) is 0 Å². The number of H-pyrrole nitrogens is 1. The highest BCUT2D eigenvalue weighted by atomic mass is 19.4. The summed E-state index contributed by atoms with van der Waals surface area (Å²) in [5, 5.41) is 8.87. The highest BCUT2D eigenvalue weighted by molar-refractivity contribution is 5.94. The zero-order valence-corrected chi connectivity index (χ0v) is 15.3. The zero-order valence-electron chi connectivity index (χ0n) is 15.3. The van der Waals surface area contributed by atoms with Crippen LogP contribution in [0.1, 0.15) is 47.9 Å². The standard InChI is InChI=1S/C17H16F6N6O/c18-16(19,20)9-6-24-15(25-7-9)29-3-1-8(2-4-29)13-12-10(17(21,22)23)5-11(30)26-14(12)28-27-13/h6-8,10H,1-5H2,(H2,26,27,28,30). The molecule has 0 radical (unpaired) electrons. The molecule has 2 aliphatic heterocycles. The minimum atomic E-state index is -4.58. The third-order valence-corrected chi connectivity index (χ3v) is 5.38. The molecule has 2 aliphatic rings. The molecule has 2 N–H and O–H groups in total. The highest BCUT2D eigenvalue weighted by Crippen LogP contribution is 2.46. The Balaban J connectivity index is 1.50. The summed E-state index contributed by atoms with van der Waals surface area (Å²) in [7, 11) is 0. The van der Waals surface area contributed by atoms with Crippen LogP contribution in [-0.2, 0) is 11.0 Å². The summed E-state index contributed by atoms with van der Waals surface area (Å²) in [6, 6.07) is 0. The van der Waals surface area contributed by atoms with Gasteiger partial charge in [0, 0.05) is 49.1 Å². The first kappa shape index (κ1) is 20.4. The first-order valence-corrected chi connectivity index (χ1v) is 9.13. The van der Waals surface area contributed by atoms with Crippen molar-refractivity contribution in [1.29, 1.82) is 0 Å². The molecule has 0 saturated carbocycles. The number of carbonyl (C=O) groups excluding carboxylic acids is 1. The van der Waals surface area contributed by atoms with Gasteiger partial charge in [0.15, 0.2) is 5.82 Å². The van der Waals surface area contributed by atoms with Crippen molar-refractivity contribution >= 4 is 17.7 Å². The Morgan fingerprint density at radius 2 is 1.67 bits per heavy atom. The SMILES string of the molecule is O=C1CC(C(F)(F)F)c2c(n[nH]c2C2CCN(c3ncc(C(F)(F)F)cn3)CC2)N1. The van der Waals surface area contributed by atoms with Crippen molar-refractivity contribution in [2.75, 3.05) is 23.3 Å². The van der Waals surface area contributed by atoms with Crippen LogP contribution in [0.3, 0.4) is 0 Å². The number of rotatable bonds is 2. The molecule has 4 heterocycles. The van der Waals surface area contributed by atoms with E-state index >= 15 is 0 Å². The van der Waals surface area contributed by atoms with Gasteiger partial charge in [-0.25, -0.2) is 9.97 Å². The molecule has 162 valence electrons. The average molecular weight is 434 g/mol. The van der Waals surface area contributed by atoms with E-state index in [-0.39, 0.29) is 23.2 Å². The van der Waals surface area contributed by atoms with Crippen molar-refractivity contribution in [1.82, 2.24) is 20.2 Å². The van der Waals surface area contributed by atoms with E-state index in [4.69, 9.17) is 0 Å². The molecule has 1 amide bonds. The van der Waals surface area contributed by atoms with Gasteiger partial charge in [-0.3, -0.25) is 9.89 Å². The van der Waals surface area contributed by atoms with Crippen LogP contribution in [-0.4, -0.2) is 45.3 Å². The van der Waals surface area contributed by atoms with Crippen LogP contribution < -0.4 is 10.2 Å². The number of amides is 1. The molecule has 0 aliphatic carbocycles. The van der Waals surface area contributed by atoms with E-state index in [9.17, 15) is 31.1 Å². The molecule has 1 fully saturated rings. The Morgan fingerprint density at radius 1 is 1.03 bits per heavy atom. The smallest absolute Gasteiger partial charge is 0.341 e. The second-order valence-electron chi connectivity index (χ2n) is 7.28. The Labute approximate surface area is 165 Å². The van der Waals surface area contributed by atoms with Crippen molar-refractivity contribution in [2.24, 2.45) is 0 Å². The van der Waals surface area contributed by atoms with Gasteiger partial charge in [-0.1, -0.05) is 0 Å². The molecule has 4 rings (SSSR count). The number of aromatic nitrogens is 4. The summed E-state index contributed by atoms with van der Waals surface area (Å²) in [5.74, 6) is -2.90. The van der Waals surface area contributed by atoms with Crippen molar-refractivity contribution in [2.45, 2.75) is 43.5 Å². The van der Waals surface area contributed by atoms with Gasteiger partial charge in [-0.2, -0.15) is 31.4 Å². The van der Waals surface area contributed by atoms with Gasteiger partial charge in [-0.05, 0) is 12.8 Å². The maximum absolute atomic E-state index is 13.5. The third kappa shape index (κ3) is 3.79. The molecule has 1 atom stereocenters. The Morgan fingerprint density at radius 3 is 2.23 bits per heavy atom. The summed E-state index contributed by atoms with van der Waals surface area (Å²) in [5.41, 5.74) is -0.655. The molecule has 30 heavy (non-hydrogen) atoms. The summed E-state index contributed by atoms with van der Waals surface area (Å²) in [4.78, 5) is 20.8. The number of fused-ring (bicyclic) bond motifs is 1. The van der Waals surface area contributed by atoms with Crippen LogP contribution in [0.25, 0.3) is 0 Å². The number of halogens is 6. The minimum Gasteiger partial charge on any atom is -0.341 e. The number of hydrogen-bond donors (Lipinski definition) is 2. The largest absolute Gasteiger partial charge is 0.419 e. The van der Waals surface area contributed by atoms with Crippen LogP contribution in [0.5, 0.6) is 0 Å². The quantitative estimate of drug-likeness (QED) is 0.706. The number of carbonyl (C=O) groups is 1. The molecular weight excluding hydrogens is 418 g/mol. The second kappa shape index (κ2) is 7.13. The Hall–Kier alpha value is -2.86. The second-order valence-corrected chi connectivity index (χ2v) is 7.28. The summed E-state index contributed by atoms with van der Waals surface area (Å²) >= 11 is 0. The molecule has 0 bridgehead atoms. The number of aromatic amines is 1. The van der Waals surface area contributed by atoms with Crippen molar-refractivity contribution in [3.05, 3.63) is 29.2 Å². The Kier molecular flexibility index (Phi) is 4.85. The lowest BCUT2D eigenvalue weighted by atomic mass is 9.84. The molecule has 2 aromatic rings. The maximum Gasteiger partial charge on any atom is 0.419 e. The van der Waals surface area contributed by atoms with Crippen LogP contribution in [0.15, 0.2) is 12.4 Å². The fraction of sp³-hybridized carbons (Fsp3) is 0.529. The zero-order chi connectivity index (χ0) is 21.7. The lowest BCUT2D eigenvalue weighted by Crippen LogP contribution is -2.36. The van der Waals surface area contributed by atoms with E-state index in [1.807, 2.05) is 0 Å². The molecule has 2 aromatic heterocycles. The van der Waals surface area contributed by atoms with Gasteiger partial charge in [0.2, 0.25) is 11.9 Å². The van der Waals surface area contributed by atoms with E-state index in [1.54, 1.807) is 4.90 Å². The number of nitrogens with zero attached hydrogens (tertiary/aromatic N) is 4. The monoisotopic (exact) mass is 434 g/mol. The topological polar surface area (TPSA) is 86.8 Å². The number of alkyl halides is 6. The van der Waals surface area contributed by atoms with E-state index in [0.717, 1.165) is 0 Å². The van der Waals surface area contributed by atoms with E-state index in [2.05, 4.69) is 25.5 Å². The van der Waals surface area contributed by atoms with Gasteiger partial charge in [0.1, 0.15) is 0 Å². The lowest BCUT2D eigenvalue weighted by molar-refractivity contribution is -0.156. The Bertz CT molecular complexity index is 930. The fourth-order valence-electron chi connectivity index (χ4n) is 3.87. The van der Waals surface area contributed by atoms with Crippen LogP contribution in [0.4, 0.5) is 38.1 Å². The van der Waals surface area contributed by atoms with Crippen molar-refractivity contribution in [3.63, 3.8) is 0 Å². The van der Waals surface area contributed by atoms with Crippen molar-refractivity contribution < 1.29 is 31.1 Å². The van der Waals surface area contributed by atoms with Crippen LogP contribution in [0.2, 0.25) is 0 Å². The predicted octanol–water partition coefficient (Wildman–Crippen LogP) is 3.59. The molecule has 1 saturated heterocycles. The first-order valence-electron chi connectivity index (χ1n) is 9.13. The summed E-state index contributed by atoms with van der Waals surface area (Å²) in [6.45, 7) is 0.708. The van der Waals surface area contributed by atoms with Crippen LogP contribution >= 0.6 is 0 Å². The molecule has 7 nitrogen and oxygen atoms in total. The highest BCUT2D eigenvalue weighted by Gasteiger charge is 2.48. The van der Waals surface area contributed by atoms with Gasteiger partial charge >= 0.3 is 12.4 Å². The van der Waals surface area contributed by atoms with Gasteiger partial charge in [0.05, 0.1) is 11.5 Å². The van der Waals surface area contributed by atoms with Crippen molar-refractivity contribution in [3.8, 4) is 0 Å². The number of nitrogens with one attached hydrogen (secondary N) is 2. The normalized spacial score (nSPS) is 20.8. The maximum atomic E-state index is 13.5. The van der Waals surface area contributed by atoms with Crippen LogP contribution in [0, 0.1) is 0 Å². The average Bonchev–Trinajstić information content (AvgIpc) is 3.09. The molecule has 0 spiro atoms.